The largest absolute Gasteiger partial charge is 0.381 e. The minimum atomic E-state index is -0.407. The zero-order valence-electron chi connectivity index (χ0n) is 24.8. The third-order valence-electron chi connectivity index (χ3n) is 8.17. The number of aryl methyl sites for hydroxylation is 2. The van der Waals surface area contributed by atoms with Crippen LogP contribution in [0.2, 0.25) is 0 Å². The smallest absolute Gasteiger partial charge is 0.200 e. The maximum atomic E-state index is 9.78. The van der Waals surface area contributed by atoms with E-state index in [4.69, 9.17) is 14.5 Å². The van der Waals surface area contributed by atoms with Crippen LogP contribution < -0.4 is 16.0 Å². The lowest BCUT2D eigenvalue weighted by Crippen LogP contribution is -2.43. The fourth-order valence-electron chi connectivity index (χ4n) is 5.68. The van der Waals surface area contributed by atoms with E-state index in [1.54, 1.807) is 7.05 Å². The molecule has 12 nitrogen and oxygen atoms in total. The van der Waals surface area contributed by atoms with Gasteiger partial charge in [-0.3, -0.25) is 0 Å². The van der Waals surface area contributed by atoms with Gasteiger partial charge in [-0.2, -0.15) is 10.1 Å². The van der Waals surface area contributed by atoms with E-state index in [1.165, 1.54) is 4.80 Å². The highest BCUT2D eigenvalue weighted by Gasteiger charge is 2.32. The van der Waals surface area contributed by atoms with E-state index in [-0.39, 0.29) is 6.04 Å². The number of hydrogen-bond acceptors (Lipinski definition) is 11. The van der Waals surface area contributed by atoms with Gasteiger partial charge in [-0.05, 0) is 81.3 Å². The number of aromatic nitrogens is 6. The Morgan fingerprint density at radius 1 is 1.17 bits per heavy atom. The zero-order valence-corrected chi connectivity index (χ0v) is 24.8. The molecule has 12 heteroatoms. The van der Waals surface area contributed by atoms with Crippen LogP contribution in [0.5, 0.6) is 0 Å². The molecule has 0 aromatic carbocycles. The van der Waals surface area contributed by atoms with Crippen molar-refractivity contribution >= 4 is 11.6 Å². The third-order valence-corrected chi connectivity index (χ3v) is 8.17. The Morgan fingerprint density at radius 3 is 2.69 bits per heavy atom. The summed E-state index contributed by atoms with van der Waals surface area (Å²) in [6.07, 6.45) is 7.73. The van der Waals surface area contributed by atoms with Gasteiger partial charge in [0.05, 0.1) is 30.8 Å². The lowest BCUT2D eigenvalue weighted by Gasteiger charge is -2.32. The molecular formula is C30H42N10O2. The number of pyridine rings is 2. The van der Waals surface area contributed by atoms with Crippen LogP contribution in [0.4, 0.5) is 11.6 Å². The summed E-state index contributed by atoms with van der Waals surface area (Å²) in [5, 5.41) is 32.5. The van der Waals surface area contributed by atoms with Gasteiger partial charge in [0, 0.05) is 49.6 Å². The molecule has 0 bridgehead atoms. The van der Waals surface area contributed by atoms with Crippen molar-refractivity contribution in [3.05, 3.63) is 41.9 Å². The summed E-state index contributed by atoms with van der Waals surface area (Å²) >= 11 is 0. The molecule has 3 N–H and O–H groups in total. The minimum Gasteiger partial charge on any atom is -0.381 e. The lowest BCUT2D eigenvalue weighted by molar-refractivity contribution is 0.0455. The molecule has 1 saturated heterocycles. The topological polar surface area (TPSA) is 148 Å². The summed E-state index contributed by atoms with van der Waals surface area (Å²) in [6.45, 7) is 7.01. The normalized spacial score (nSPS) is 20.9. The number of ether oxygens (including phenoxy) is 2. The number of anilines is 2. The summed E-state index contributed by atoms with van der Waals surface area (Å²) < 4.78 is 11.2. The molecule has 0 radical (unpaired) electrons. The Kier molecular flexibility index (Phi) is 9.94. The third kappa shape index (κ3) is 8.00. The molecule has 0 amide bonds. The van der Waals surface area contributed by atoms with Gasteiger partial charge in [-0.25, -0.2) is 9.97 Å². The first-order valence-corrected chi connectivity index (χ1v) is 14.9. The van der Waals surface area contributed by atoms with E-state index in [2.05, 4.69) is 62.3 Å². The predicted molar refractivity (Wildman–Crippen MR) is 160 cm³/mol. The van der Waals surface area contributed by atoms with Gasteiger partial charge >= 0.3 is 0 Å². The van der Waals surface area contributed by atoms with Crippen molar-refractivity contribution in [1.82, 2.24) is 35.5 Å². The molecule has 1 aliphatic carbocycles. The second kappa shape index (κ2) is 14.0. The van der Waals surface area contributed by atoms with Gasteiger partial charge in [-0.15, -0.1) is 10.2 Å². The van der Waals surface area contributed by atoms with Crippen LogP contribution in [-0.2, 0) is 23.1 Å². The van der Waals surface area contributed by atoms with Crippen molar-refractivity contribution in [3.8, 4) is 17.3 Å². The molecule has 3 aromatic heterocycles. The van der Waals surface area contributed by atoms with Crippen molar-refractivity contribution < 1.29 is 9.47 Å². The first-order valence-electron chi connectivity index (χ1n) is 14.9. The fourth-order valence-corrected chi connectivity index (χ4v) is 5.68. The standard InChI is InChI=1S/C30H42N10O2/c1-21-16-32-28(15-25(21)26-5-4-6-27(36-26)33-20-30(19-31)11-13-41-14-12-30)35-24-9-7-23(8-10-24)34-22(2)17-42-18-29-37-39-40(3)38-29/h4-6,15-16,22-24,34H,7-14,17-18,20H2,1-3H3,(H,32,35)(H,33,36)/t22-,23-,24-/m0/s1. The molecule has 2 aliphatic rings. The monoisotopic (exact) mass is 574 g/mol. The first-order chi connectivity index (χ1) is 20.4. The second-order valence-corrected chi connectivity index (χ2v) is 11.6. The van der Waals surface area contributed by atoms with Crippen LogP contribution >= 0.6 is 0 Å². The van der Waals surface area contributed by atoms with Gasteiger partial charge in [0.15, 0.2) is 5.82 Å². The van der Waals surface area contributed by atoms with Gasteiger partial charge < -0.3 is 25.4 Å². The molecule has 1 atom stereocenters. The number of nitrogens with zero attached hydrogens (tertiary/aromatic N) is 7. The van der Waals surface area contributed by atoms with Crippen LogP contribution in [0.15, 0.2) is 30.5 Å². The quantitative estimate of drug-likeness (QED) is 0.291. The number of rotatable bonds is 12. The molecule has 3 aromatic rings. The van der Waals surface area contributed by atoms with E-state index >= 15 is 0 Å². The van der Waals surface area contributed by atoms with Gasteiger partial charge in [0.1, 0.15) is 18.2 Å². The number of nitriles is 1. The Hall–Kier alpha value is -3.66. The Morgan fingerprint density at radius 2 is 1.95 bits per heavy atom. The van der Waals surface area contributed by atoms with Crippen molar-refractivity contribution in [2.45, 2.75) is 77.1 Å². The molecule has 0 spiro atoms. The van der Waals surface area contributed by atoms with Crippen LogP contribution in [-0.4, -0.2) is 74.7 Å². The highest BCUT2D eigenvalue weighted by atomic mass is 16.5. The number of hydrogen-bond donors (Lipinski definition) is 3. The Labute approximate surface area is 247 Å². The van der Waals surface area contributed by atoms with Crippen molar-refractivity contribution in [3.63, 3.8) is 0 Å². The van der Waals surface area contributed by atoms with E-state index in [1.807, 2.05) is 24.4 Å². The summed E-state index contributed by atoms with van der Waals surface area (Å²) in [6, 6.07) is 11.7. The average molecular weight is 575 g/mol. The summed E-state index contributed by atoms with van der Waals surface area (Å²) in [7, 11) is 1.75. The molecule has 42 heavy (non-hydrogen) atoms. The average Bonchev–Trinajstić information content (AvgIpc) is 3.43. The van der Waals surface area contributed by atoms with Crippen molar-refractivity contribution in [1.29, 1.82) is 5.26 Å². The molecule has 1 saturated carbocycles. The van der Waals surface area contributed by atoms with Crippen molar-refractivity contribution in [2.24, 2.45) is 12.5 Å². The van der Waals surface area contributed by atoms with Gasteiger partial charge in [0.25, 0.3) is 0 Å². The van der Waals surface area contributed by atoms with Gasteiger partial charge in [-0.1, -0.05) is 6.07 Å². The maximum absolute atomic E-state index is 9.78. The summed E-state index contributed by atoms with van der Waals surface area (Å²) in [4.78, 5) is 11.0. The zero-order chi connectivity index (χ0) is 29.4. The Balaban J connectivity index is 1.10. The van der Waals surface area contributed by atoms with E-state index in [0.29, 0.717) is 50.9 Å². The minimum absolute atomic E-state index is 0.248. The van der Waals surface area contributed by atoms with Crippen LogP contribution in [0.25, 0.3) is 11.3 Å². The maximum Gasteiger partial charge on any atom is 0.200 e. The number of nitrogens with one attached hydrogen (secondary N) is 3. The second-order valence-electron chi connectivity index (χ2n) is 11.6. The molecule has 224 valence electrons. The Bertz CT molecular complexity index is 1340. The molecule has 2 fully saturated rings. The highest BCUT2D eigenvalue weighted by molar-refractivity contribution is 5.68. The SMILES string of the molecule is Cc1cnc(N[C@H]2CC[C@H](N[C@@H](C)COCc3nnn(C)n3)CC2)cc1-c1cccc(NCC2(C#N)CCOCC2)n1. The van der Waals surface area contributed by atoms with E-state index in [0.717, 1.165) is 67.0 Å². The van der Waals surface area contributed by atoms with Gasteiger partial charge in [0.2, 0.25) is 0 Å². The molecule has 0 unspecified atom stereocenters. The van der Waals surface area contributed by atoms with Crippen LogP contribution in [0, 0.1) is 23.7 Å². The van der Waals surface area contributed by atoms with E-state index < -0.39 is 5.41 Å². The number of tetrazole rings is 1. The molecule has 4 heterocycles. The van der Waals surface area contributed by atoms with Crippen LogP contribution in [0.1, 0.15) is 56.8 Å². The summed E-state index contributed by atoms with van der Waals surface area (Å²) in [5.41, 5.74) is 2.61. The predicted octanol–water partition coefficient (Wildman–Crippen LogP) is 3.63. The lowest BCUT2D eigenvalue weighted by atomic mass is 9.82. The molecule has 5 rings (SSSR count). The van der Waals surface area contributed by atoms with Crippen LogP contribution in [0.3, 0.4) is 0 Å². The molecular weight excluding hydrogens is 532 g/mol. The fraction of sp³-hybridized carbons (Fsp3) is 0.600. The highest BCUT2D eigenvalue weighted by Crippen LogP contribution is 2.31. The van der Waals surface area contributed by atoms with Crippen molar-refractivity contribution in [2.75, 3.05) is 37.0 Å². The molecule has 1 aliphatic heterocycles. The summed E-state index contributed by atoms with van der Waals surface area (Å²) in [5.74, 6) is 2.25. The van der Waals surface area contributed by atoms with E-state index in [9.17, 15) is 5.26 Å². The first kappa shape index (κ1) is 29.8.